The van der Waals surface area contributed by atoms with Gasteiger partial charge < -0.3 is 14.9 Å². The molecule has 2 N–H and O–H groups in total. The van der Waals surface area contributed by atoms with Crippen molar-refractivity contribution in [2.45, 2.75) is 18.9 Å². The van der Waals surface area contributed by atoms with Gasteiger partial charge in [0, 0.05) is 0 Å². The van der Waals surface area contributed by atoms with E-state index in [0.717, 1.165) is 24.2 Å². The highest BCUT2D eigenvalue weighted by atomic mass is 16.5. The lowest BCUT2D eigenvalue weighted by atomic mass is 10.0. The van der Waals surface area contributed by atoms with Crippen molar-refractivity contribution in [2.24, 2.45) is 0 Å². The second kappa shape index (κ2) is 3.90. The quantitative estimate of drug-likeness (QED) is 0.764. The second-order valence-corrected chi connectivity index (χ2v) is 3.56. The van der Waals surface area contributed by atoms with Crippen molar-refractivity contribution in [3.05, 3.63) is 29.3 Å². The van der Waals surface area contributed by atoms with E-state index >= 15 is 0 Å². The Morgan fingerprint density at radius 1 is 1.47 bits per heavy atom. The Labute approximate surface area is 87.1 Å². The Bertz CT molecular complexity index is 386. The Morgan fingerprint density at radius 3 is 3.00 bits per heavy atom. The van der Waals surface area contributed by atoms with Crippen LogP contribution in [0.5, 0.6) is 5.75 Å². The number of fused-ring (bicyclic) bond motifs is 1. The van der Waals surface area contributed by atoms with Crippen LogP contribution < -0.4 is 4.74 Å². The van der Waals surface area contributed by atoms with Gasteiger partial charge in [-0.25, -0.2) is 4.79 Å². The summed E-state index contributed by atoms with van der Waals surface area (Å²) in [7, 11) is 0. The maximum absolute atomic E-state index is 10.6. The molecule has 2 rings (SSSR count). The van der Waals surface area contributed by atoms with Crippen LogP contribution in [0.1, 0.15) is 23.7 Å². The van der Waals surface area contributed by atoms with E-state index in [4.69, 9.17) is 9.84 Å². The monoisotopic (exact) mass is 208 g/mol. The summed E-state index contributed by atoms with van der Waals surface area (Å²) in [4.78, 5) is 10.6. The van der Waals surface area contributed by atoms with Crippen LogP contribution in [0.2, 0.25) is 0 Å². The number of carboxylic acids is 1. The molecular weight excluding hydrogens is 196 g/mol. The van der Waals surface area contributed by atoms with Crippen molar-refractivity contribution in [3.8, 4) is 5.75 Å². The van der Waals surface area contributed by atoms with Crippen LogP contribution in [0, 0.1) is 0 Å². The van der Waals surface area contributed by atoms with Crippen LogP contribution in [0.15, 0.2) is 18.2 Å². The average molecular weight is 208 g/mol. The number of hydrogen-bond acceptors (Lipinski definition) is 3. The third kappa shape index (κ3) is 1.94. The van der Waals surface area contributed by atoms with Gasteiger partial charge in [0.1, 0.15) is 5.75 Å². The number of rotatable bonds is 2. The predicted octanol–water partition coefficient (Wildman–Crippen LogP) is 1.13. The van der Waals surface area contributed by atoms with Gasteiger partial charge in [-0.1, -0.05) is 6.07 Å². The molecule has 0 saturated carbocycles. The predicted molar refractivity (Wildman–Crippen MR) is 52.9 cm³/mol. The Balaban J connectivity index is 2.31. The molecule has 1 aliphatic heterocycles. The highest BCUT2D eigenvalue weighted by Crippen LogP contribution is 2.27. The molecule has 0 spiro atoms. The first-order valence-electron chi connectivity index (χ1n) is 4.85. The molecule has 0 fully saturated rings. The fourth-order valence-corrected chi connectivity index (χ4v) is 1.69. The zero-order valence-electron chi connectivity index (χ0n) is 8.14. The molecule has 4 nitrogen and oxygen atoms in total. The van der Waals surface area contributed by atoms with Gasteiger partial charge >= 0.3 is 5.97 Å². The van der Waals surface area contributed by atoms with E-state index in [2.05, 4.69) is 0 Å². The number of benzene rings is 1. The second-order valence-electron chi connectivity index (χ2n) is 3.56. The summed E-state index contributed by atoms with van der Waals surface area (Å²) in [6, 6.07) is 5.01. The smallest absolute Gasteiger partial charge is 0.337 e. The summed E-state index contributed by atoms with van der Waals surface area (Å²) >= 11 is 0. The lowest BCUT2D eigenvalue weighted by molar-refractivity contribution is -0.146. The summed E-state index contributed by atoms with van der Waals surface area (Å²) in [5.41, 5.74) is 1.38. The molecule has 15 heavy (non-hydrogen) atoms. The molecular formula is C11H12O4. The first-order chi connectivity index (χ1) is 7.18. The molecule has 0 aromatic heterocycles. The van der Waals surface area contributed by atoms with Gasteiger partial charge in [0.05, 0.1) is 6.61 Å². The molecule has 4 heteroatoms. The fraction of sp³-hybridized carbons (Fsp3) is 0.364. The van der Waals surface area contributed by atoms with Crippen molar-refractivity contribution in [3.63, 3.8) is 0 Å². The summed E-state index contributed by atoms with van der Waals surface area (Å²) in [6.07, 6.45) is 0.354. The minimum atomic E-state index is -1.45. The molecule has 0 saturated heterocycles. The van der Waals surface area contributed by atoms with E-state index in [1.807, 2.05) is 0 Å². The third-order valence-electron chi connectivity index (χ3n) is 2.48. The van der Waals surface area contributed by atoms with E-state index < -0.39 is 12.1 Å². The Morgan fingerprint density at radius 2 is 2.27 bits per heavy atom. The number of hydrogen-bond donors (Lipinski definition) is 2. The zero-order chi connectivity index (χ0) is 10.8. The Kier molecular flexibility index (Phi) is 2.60. The normalized spacial score (nSPS) is 16.3. The van der Waals surface area contributed by atoms with Crippen molar-refractivity contribution in [1.29, 1.82) is 0 Å². The molecule has 1 aliphatic rings. The van der Waals surface area contributed by atoms with Crippen LogP contribution in [0.25, 0.3) is 0 Å². The molecule has 1 aromatic carbocycles. The minimum Gasteiger partial charge on any atom is -0.493 e. The van der Waals surface area contributed by atoms with Gasteiger partial charge in [-0.15, -0.1) is 0 Å². The lowest BCUT2D eigenvalue weighted by Gasteiger charge is -2.18. The van der Waals surface area contributed by atoms with Crippen molar-refractivity contribution >= 4 is 5.97 Å². The molecule has 0 amide bonds. The van der Waals surface area contributed by atoms with E-state index in [9.17, 15) is 9.90 Å². The average Bonchev–Trinajstić information content (AvgIpc) is 2.27. The molecule has 1 heterocycles. The minimum absolute atomic E-state index is 0.409. The number of carboxylic acid groups (broad SMARTS) is 1. The Hall–Kier alpha value is -1.55. The largest absolute Gasteiger partial charge is 0.493 e. The molecule has 80 valence electrons. The van der Waals surface area contributed by atoms with Crippen LogP contribution in [-0.2, 0) is 11.2 Å². The number of aliphatic hydroxyl groups excluding tert-OH is 1. The molecule has 1 atom stereocenters. The van der Waals surface area contributed by atoms with E-state index in [1.54, 1.807) is 18.2 Å². The van der Waals surface area contributed by atoms with Gasteiger partial charge in [0.2, 0.25) is 0 Å². The SMILES string of the molecule is O=C(O)C(O)c1ccc2c(c1)CCCO2. The van der Waals surface area contributed by atoms with Crippen LogP contribution in [0.4, 0.5) is 0 Å². The molecule has 1 aromatic rings. The van der Waals surface area contributed by atoms with Crippen molar-refractivity contribution < 1.29 is 19.7 Å². The van der Waals surface area contributed by atoms with Crippen LogP contribution in [-0.4, -0.2) is 22.8 Å². The van der Waals surface area contributed by atoms with Crippen molar-refractivity contribution in [2.75, 3.05) is 6.61 Å². The molecule has 0 aliphatic carbocycles. The standard InChI is InChI=1S/C11H12O4/c12-10(11(13)14)8-3-4-9-7(6-8)2-1-5-15-9/h3-4,6,10,12H,1-2,5H2,(H,13,14). The summed E-state index contributed by atoms with van der Waals surface area (Å²) < 4.78 is 5.39. The third-order valence-corrected chi connectivity index (χ3v) is 2.48. The van der Waals surface area contributed by atoms with E-state index in [-0.39, 0.29) is 0 Å². The highest BCUT2D eigenvalue weighted by Gasteiger charge is 2.18. The first kappa shape index (κ1) is 9.98. The summed E-state index contributed by atoms with van der Waals surface area (Å²) in [6.45, 7) is 0.702. The van der Waals surface area contributed by atoms with E-state index in [1.165, 1.54) is 0 Å². The number of carbonyl (C=O) groups is 1. The lowest BCUT2D eigenvalue weighted by Crippen LogP contribution is -2.13. The maximum atomic E-state index is 10.6. The molecule has 1 unspecified atom stereocenters. The van der Waals surface area contributed by atoms with Crippen molar-refractivity contribution in [1.82, 2.24) is 0 Å². The van der Waals surface area contributed by atoms with Gasteiger partial charge in [0.15, 0.2) is 6.10 Å². The van der Waals surface area contributed by atoms with E-state index in [0.29, 0.717) is 12.2 Å². The van der Waals surface area contributed by atoms with Gasteiger partial charge in [-0.05, 0) is 36.1 Å². The number of aliphatic hydroxyl groups is 1. The van der Waals surface area contributed by atoms with Crippen LogP contribution in [0.3, 0.4) is 0 Å². The number of ether oxygens (including phenoxy) is 1. The first-order valence-corrected chi connectivity index (χ1v) is 4.85. The molecule has 0 radical (unpaired) electrons. The topological polar surface area (TPSA) is 66.8 Å². The maximum Gasteiger partial charge on any atom is 0.337 e. The van der Waals surface area contributed by atoms with Gasteiger partial charge in [-0.2, -0.15) is 0 Å². The number of aryl methyl sites for hydroxylation is 1. The summed E-state index contributed by atoms with van der Waals surface area (Å²) in [5, 5.41) is 18.0. The summed E-state index contributed by atoms with van der Waals surface area (Å²) in [5.74, 6) is -0.436. The van der Waals surface area contributed by atoms with Gasteiger partial charge in [-0.3, -0.25) is 0 Å². The zero-order valence-corrected chi connectivity index (χ0v) is 8.14. The number of aliphatic carboxylic acids is 1. The van der Waals surface area contributed by atoms with Gasteiger partial charge in [0.25, 0.3) is 0 Å². The van der Waals surface area contributed by atoms with Crippen LogP contribution >= 0.6 is 0 Å². The fourth-order valence-electron chi connectivity index (χ4n) is 1.69. The molecule has 0 bridgehead atoms. The highest BCUT2D eigenvalue weighted by molar-refractivity contribution is 5.74.